The fraction of sp³-hybridized carbons (Fsp3) is 0.400. The minimum atomic E-state index is -4.86. The second-order valence-electron chi connectivity index (χ2n) is 3.77. The maximum Gasteiger partial charge on any atom is 0.416 e. The van der Waals surface area contributed by atoms with Crippen LogP contribution in [0, 0.1) is 5.82 Å². The number of benzene rings is 1. The molecule has 0 radical (unpaired) electrons. The van der Waals surface area contributed by atoms with E-state index in [1.165, 1.54) is 0 Å². The molecule has 0 aromatic heterocycles. The van der Waals surface area contributed by atoms with Gasteiger partial charge >= 0.3 is 6.18 Å². The Morgan fingerprint density at radius 2 is 1.65 bits per heavy atom. The molecule has 0 saturated carbocycles. The third kappa shape index (κ3) is 2.71. The minimum absolute atomic E-state index is 0.384. The van der Waals surface area contributed by atoms with E-state index < -0.39 is 35.1 Å². The van der Waals surface area contributed by atoms with Crippen LogP contribution in [0.25, 0.3) is 0 Å². The summed E-state index contributed by atoms with van der Waals surface area (Å²) in [4.78, 5) is 0. The lowest BCUT2D eigenvalue weighted by Crippen LogP contribution is -2.42. The topological polar surface area (TPSA) is 26.0 Å². The van der Waals surface area contributed by atoms with Gasteiger partial charge in [0.2, 0.25) is 0 Å². The molecule has 1 unspecified atom stereocenters. The molecule has 0 spiro atoms. The zero-order valence-corrected chi connectivity index (χ0v) is 8.65. The van der Waals surface area contributed by atoms with Gasteiger partial charge in [-0.1, -0.05) is 0 Å². The molecule has 96 valence electrons. The highest BCUT2D eigenvalue weighted by Crippen LogP contribution is 2.38. The van der Waals surface area contributed by atoms with E-state index in [0.29, 0.717) is 18.2 Å². The SMILES string of the molecule is CC(N)(c1cc(F)ccc1C(F)(F)F)C(F)F. The Morgan fingerprint density at radius 1 is 1.12 bits per heavy atom. The second-order valence-corrected chi connectivity index (χ2v) is 3.77. The highest BCUT2D eigenvalue weighted by molar-refractivity contribution is 5.36. The summed E-state index contributed by atoms with van der Waals surface area (Å²) in [5.74, 6) is -1.05. The monoisotopic (exact) mass is 257 g/mol. The normalized spacial score (nSPS) is 16.1. The van der Waals surface area contributed by atoms with Crippen molar-refractivity contribution in [1.82, 2.24) is 0 Å². The van der Waals surface area contributed by atoms with Gasteiger partial charge in [-0.3, -0.25) is 0 Å². The van der Waals surface area contributed by atoms with Crippen molar-refractivity contribution in [2.75, 3.05) is 0 Å². The molecule has 2 N–H and O–H groups in total. The summed E-state index contributed by atoms with van der Waals surface area (Å²) in [5.41, 5.74) is 0.252. The van der Waals surface area contributed by atoms with Gasteiger partial charge in [-0.2, -0.15) is 13.2 Å². The van der Waals surface area contributed by atoms with Crippen molar-refractivity contribution in [1.29, 1.82) is 0 Å². The Morgan fingerprint density at radius 3 is 2.06 bits per heavy atom. The van der Waals surface area contributed by atoms with Crippen molar-refractivity contribution in [2.45, 2.75) is 25.1 Å². The molecule has 1 nitrogen and oxygen atoms in total. The van der Waals surface area contributed by atoms with Gasteiger partial charge in [-0.25, -0.2) is 13.2 Å². The van der Waals surface area contributed by atoms with Crippen molar-refractivity contribution in [3.63, 3.8) is 0 Å². The Balaban J connectivity index is 3.46. The molecular weight excluding hydrogens is 248 g/mol. The first kappa shape index (κ1) is 13.8. The zero-order chi connectivity index (χ0) is 13.4. The first-order valence-electron chi connectivity index (χ1n) is 4.51. The molecule has 0 amide bonds. The van der Waals surface area contributed by atoms with Crippen molar-refractivity contribution in [3.05, 3.63) is 35.1 Å². The van der Waals surface area contributed by atoms with E-state index in [1.807, 2.05) is 0 Å². The van der Waals surface area contributed by atoms with Crippen LogP contribution in [0.1, 0.15) is 18.1 Å². The average Bonchev–Trinajstić information content (AvgIpc) is 2.15. The summed E-state index contributed by atoms with van der Waals surface area (Å²) in [7, 11) is 0. The van der Waals surface area contributed by atoms with E-state index in [4.69, 9.17) is 5.73 Å². The van der Waals surface area contributed by atoms with E-state index in [9.17, 15) is 26.3 Å². The maximum absolute atomic E-state index is 12.9. The van der Waals surface area contributed by atoms with Crippen molar-refractivity contribution < 1.29 is 26.3 Å². The summed E-state index contributed by atoms with van der Waals surface area (Å²) in [6.07, 6.45) is -8.11. The Bertz CT molecular complexity index is 410. The van der Waals surface area contributed by atoms with Crippen LogP contribution in [0.4, 0.5) is 26.3 Å². The van der Waals surface area contributed by atoms with E-state index in [2.05, 4.69) is 0 Å². The van der Waals surface area contributed by atoms with Crippen LogP contribution in [0.5, 0.6) is 0 Å². The number of hydrogen-bond acceptors (Lipinski definition) is 1. The van der Waals surface area contributed by atoms with E-state index in [0.717, 1.165) is 6.92 Å². The van der Waals surface area contributed by atoms with Crippen LogP contribution in [0.3, 0.4) is 0 Å². The highest BCUT2D eigenvalue weighted by Gasteiger charge is 2.42. The smallest absolute Gasteiger partial charge is 0.317 e. The lowest BCUT2D eigenvalue weighted by molar-refractivity contribution is -0.139. The van der Waals surface area contributed by atoms with Crippen LogP contribution in [-0.4, -0.2) is 6.43 Å². The van der Waals surface area contributed by atoms with Gasteiger partial charge in [0.25, 0.3) is 6.43 Å². The molecule has 0 fully saturated rings. The molecule has 0 bridgehead atoms. The second kappa shape index (κ2) is 4.21. The number of halogens is 6. The van der Waals surface area contributed by atoms with E-state index in [1.54, 1.807) is 0 Å². The summed E-state index contributed by atoms with van der Waals surface area (Å²) in [6.45, 7) is 0.724. The Labute approximate surface area is 93.2 Å². The standard InChI is InChI=1S/C10H9F6N/c1-9(17,8(12)13)7-4-5(11)2-3-6(7)10(14,15)16/h2-4,8H,17H2,1H3. The van der Waals surface area contributed by atoms with Gasteiger partial charge in [0, 0.05) is 0 Å². The third-order valence-electron chi connectivity index (χ3n) is 2.32. The van der Waals surface area contributed by atoms with Crippen LogP contribution in [0.15, 0.2) is 18.2 Å². The third-order valence-corrected chi connectivity index (χ3v) is 2.32. The molecule has 0 heterocycles. The van der Waals surface area contributed by atoms with Gasteiger partial charge in [0.15, 0.2) is 0 Å². The van der Waals surface area contributed by atoms with Crippen LogP contribution >= 0.6 is 0 Å². The minimum Gasteiger partial charge on any atom is -0.317 e. The average molecular weight is 257 g/mol. The van der Waals surface area contributed by atoms with Crippen molar-refractivity contribution >= 4 is 0 Å². The van der Waals surface area contributed by atoms with Crippen LogP contribution in [0.2, 0.25) is 0 Å². The molecule has 0 aliphatic carbocycles. The Kier molecular flexibility index (Phi) is 3.42. The predicted octanol–water partition coefficient (Wildman–Crippen LogP) is 3.28. The van der Waals surface area contributed by atoms with Crippen molar-refractivity contribution in [3.8, 4) is 0 Å². The molecule has 1 aromatic rings. The lowest BCUT2D eigenvalue weighted by Gasteiger charge is -2.27. The first-order valence-corrected chi connectivity index (χ1v) is 4.51. The molecular formula is C10H9F6N. The fourth-order valence-electron chi connectivity index (χ4n) is 1.33. The molecule has 7 heteroatoms. The largest absolute Gasteiger partial charge is 0.416 e. The quantitative estimate of drug-likeness (QED) is 0.808. The van der Waals surface area contributed by atoms with Gasteiger partial charge in [0.1, 0.15) is 11.4 Å². The predicted molar refractivity (Wildman–Crippen MR) is 48.9 cm³/mol. The molecule has 0 saturated heterocycles. The molecule has 17 heavy (non-hydrogen) atoms. The highest BCUT2D eigenvalue weighted by atomic mass is 19.4. The van der Waals surface area contributed by atoms with Crippen LogP contribution < -0.4 is 5.73 Å². The molecule has 1 rings (SSSR count). The van der Waals surface area contributed by atoms with E-state index >= 15 is 0 Å². The summed E-state index contributed by atoms with van der Waals surface area (Å²) in [6, 6.07) is 1.33. The Hall–Kier alpha value is -1.24. The first-order chi connectivity index (χ1) is 7.56. The maximum atomic E-state index is 12.9. The number of alkyl halides is 5. The van der Waals surface area contributed by atoms with Crippen LogP contribution in [-0.2, 0) is 11.7 Å². The summed E-state index contributed by atoms with van der Waals surface area (Å²) in [5, 5.41) is 0. The molecule has 0 aliphatic rings. The van der Waals surface area contributed by atoms with Gasteiger partial charge in [0.05, 0.1) is 5.56 Å². The lowest BCUT2D eigenvalue weighted by atomic mass is 9.89. The zero-order valence-electron chi connectivity index (χ0n) is 8.65. The van der Waals surface area contributed by atoms with Gasteiger partial charge in [-0.05, 0) is 30.7 Å². The summed E-state index contributed by atoms with van der Waals surface area (Å²) >= 11 is 0. The molecule has 1 aromatic carbocycles. The molecule has 0 aliphatic heterocycles. The number of hydrogen-bond donors (Lipinski definition) is 1. The number of nitrogens with two attached hydrogens (primary N) is 1. The van der Waals surface area contributed by atoms with E-state index in [-0.39, 0.29) is 0 Å². The molecule has 1 atom stereocenters. The van der Waals surface area contributed by atoms with Crippen molar-refractivity contribution in [2.24, 2.45) is 5.73 Å². The van der Waals surface area contributed by atoms with Gasteiger partial charge in [-0.15, -0.1) is 0 Å². The summed E-state index contributed by atoms with van der Waals surface area (Å²) < 4.78 is 75.7. The number of rotatable bonds is 2. The fourth-order valence-corrected chi connectivity index (χ4v) is 1.33. The van der Waals surface area contributed by atoms with Gasteiger partial charge < -0.3 is 5.73 Å².